The van der Waals surface area contributed by atoms with Crippen LogP contribution >= 0.6 is 11.3 Å². The first-order chi connectivity index (χ1) is 8.95. The number of carbonyl (C=O) groups is 1. The van der Waals surface area contributed by atoms with Crippen LogP contribution in [0.5, 0.6) is 0 Å². The normalized spacial score (nSPS) is 23.8. The number of anilines is 1. The maximum absolute atomic E-state index is 11.9. The molecule has 104 valence electrons. The molecule has 1 fully saturated rings. The Balaban J connectivity index is 1.79. The van der Waals surface area contributed by atoms with Crippen LogP contribution in [0.3, 0.4) is 0 Å². The van der Waals surface area contributed by atoms with Gasteiger partial charge < -0.3 is 4.90 Å². The van der Waals surface area contributed by atoms with Crippen LogP contribution < -0.4 is 4.90 Å². The molecular formula is C15H22N2OS. The van der Waals surface area contributed by atoms with Crippen LogP contribution in [0.25, 0.3) is 0 Å². The maximum atomic E-state index is 11.9. The number of rotatable bonds is 1. The third-order valence-corrected chi connectivity index (χ3v) is 5.62. The second-order valence-corrected chi connectivity index (χ2v) is 7.90. The summed E-state index contributed by atoms with van der Waals surface area (Å²) < 4.78 is 0. The van der Waals surface area contributed by atoms with E-state index in [-0.39, 0.29) is 5.78 Å². The summed E-state index contributed by atoms with van der Waals surface area (Å²) >= 11 is 1.74. The van der Waals surface area contributed by atoms with Crippen LogP contribution in [0.4, 0.5) is 5.13 Å². The Morgan fingerprint density at radius 3 is 2.74 bits per heavy atom. The molecule has 1 aliphatic carbocycles. The lowest BCUT2D eigenvalue weighted by Crippen LogP contribution is -2.25. The summed E-state index contributed by atoms with van der Waals surface area (Å²) in [5.74, 6) is 0.972. The van der Waals surface area contributed by atoms with Crippen molar-refractivity contribution >= 4 is 22.3 Å². The van der Waals surface area contributed by atoms with Crippen LogP contribution in [0.15, 0.2) is 0 Å². The molecule has 3 rings (SSSR count). The van der Waals surface area contributed by atoms with E-state index in [1.165, 1.54) is 11.3 Å². The summed E-state index contributed by atoms with van der Waals surface area (Å²) in [7, 11) is 0. The fourth-order valence-electron chi connectivity index (χ4n) is 3.03. The minimum Gasteiger partial charge on any atom is -0.348 e. The summed E-state index contributed by atoms with van der Waals surface area (Å²) in [6, 6.07) is 0. The van der Waals surface area contributed by atoms with Gasteiger partial charge in [0, 0.05) is 24.4 Å². The highest BCUT2D eigenvalue weighted by molar-refractivity contribution is 7.16. The summed E-state index contributed by atoms with van der Waals surface area (Å²) in [6.45, 7) is 9.12. The van der Waals surface area contributed by atoms with E-state index in [0.717, 1.165) is 42.7 Å². The predicted molar refractivity (Wildman–Crippen MR) is 79.2 cm³/mol. The van der Waals surface area contributed by atoms with Gasteiger partial charge in [-0.25, -0.2) is 4.98 Å². The number of fused-ring (bicyclic) bond motifs is 1. The van der Waals surface area contributed by atoms with Crippen LogP contribution in [-0.2, 0) is 6.42 Å². The van der Waals surface area contributed by atoms with E-state index in [9.17, 15) is 4.79 Å². The van der Waals surface area contributed by atoms with Crippen LogP contribution in [0.1, 0.15) is 55.4 Å². The fraction of sp³-hybridized carbons (Fsp3) is 0.733. The Morgan fingerprint density at radius 1 is 1.32 bits per heavy atom. The van der Waals surface area contributed by atoms with E-state index < -0.39 is 0 Å². The third kappa shape index (κ3) is 2.42. The number of Topliss-reactive ketones (excluding diaryl/α,β-unsaturated/α-hetero) is 1. The van der Waals surface area contributed by atoms with Crippen molar-refractivity contribution in [2.24, 2.45) is 11.3 Å². The topological polar surface area (TPSA) is 33.2 Å². The average Bonchev–Trinajstić information content (AvgIpc) is 2.94. The van der Waals surface area contributed by atoms with Crippen molar-refractivity contribution in [3.05, 3.63) is 10.6 Å². The molecule has 0 amide bonds. The minimum absolute atomic E-state index is 0.246. The van der Waals surface area contributed by atoms with Crippen molar-refractivity contribution in [2.45, 2.75) is 46.5 Å². The maximum Gasteiger partial charge on any atom is 0.186 e. The van der Waals surface area contributed by atoms with E-state index in [0.29, 0.717) is 11.8 Å². The van der Waals surface area contributed by atoms with E-state index in [2.05, 4.69) is 30.7 Å². The zero-order valence-corrected chi connectivity index (χ0v) is 12.8. The van der Waals surface area contributed by atoms with E-state index in [1.807, 2.05) is 0 Å². The van der Waals surface area contributed by atoms with E-state index in [1.54, 1.807) is 11.3 Å². The van der Waals surface area contributed by atoms with Gasteiger partial charge in [0.1, 0.15) is 5.69 Å². The number of aromatic nitrogens is 1. The molecule has 0 radical (unpaired) electrons. The van der Waals surface area contributed by atoms with Gasteiger partial charge in [0.25, 0.3) is 0 Å². The molecule has 0 saturated carbocycles. The Labute approximate surface area is 119 Å². The molecular weight excluding hydrogens is 256 g/mol. The molecule has 19 heavy (non-hydrogen) atoms. The van der Waals surface area contributed by atoms with Crippen molar-refractivity contribution in [3.8, 4) is 0 Å². The highest BCUT2D eigenvalue weighted by Gasteiger charge is 2.34. The number of carbonyl (C=O) groups excluding carboxylic acids is 1. The molecule has 0 N–H and O–H groups in total. The molecule has 2 aliphatic rings. The average molecular weight is 278 g/mol. The van der Waals surface area contributed by atoms with Gasteiger partial charge in [-0.15, -0.1) is 11.3 Å². The number of nitrogens with zero attached hydrogens (tertiary/aromatic N) is 2. The van der Waals surface area contributed by atoms with Crippen LogP contribution in [-0.4, -0.2) is 23.9 Å². The highest BCUT2D eigenvalue weighted by Crippen LogP contribution is 2.38. The smallest absolute Gasteiger partial charge is 0.186 e. The zero-order chi connectivity index (χ0) is 13.6. The van der Waals surface area contributed by atoms with Crippen LogP contribution in [0, 0.1) is 11.3 Å². The standard InChI is InChI=1S/C15H22N2OS/c1-15(2,3)10-7-8-17(9-10)14-16-13-11(18)5-4-6-12(13)19-14/h10H,4-9H2,1-3H3. The first-order valence-corrected chi connectivity index (χ1v) is 8.04. The van der Waals surface area contributed by atoms with Gasteiger partial charge in [-0.3, -0.25) is 4.79 Å². The molecule has 1 aromatic heterocycles. The summed E-state index contributed by atoms with van der Waals surface area (Å²) in [5.41, 5.74) is 1.13. The lowest BCUT2D eigenvalue weighted by Gasteiger charge is -2.26. The summed E-state index contributed by atoms with van der Waals surface area (Å²) in [4.78, 5) is 20.1. The second kappa shape index (κ2) is 4.58. The number of thiazole rings is 1. The van der Waals surface area contributed by atoms with E-state index in [4.69, 9.17) is 0 Å². The molecule has 0 aromatic carbocycles. The quantitative estimate of drug-likeness (QED) is 0.788. The Bertz CT molecular complexity index is 501. The molecule has 4 heteroatoms. The SMILES string of the molecule is CC(C)(C)C1CCN(c2nc3c(s2)CCCC3=O)C1. The van der Waals surface area contributed by atoms with E-state index >= 15 is 0 Å². The largest absolute Gasteiger partial charge is 0.348 e. The fourth-order valence-corrected chi connectivity index (χ4v) is 4.19. The lowest BCUT2D eigenvalue weighted by molar-refractivity contribution is 0.0968. The molecule has 0 spiro atoms. The second-order valence-electron chi connectivity index (χ2n) is 6.84. The number of ketones is 1. The van der Waals surface area contributed by atoms with Gasteiger partial charge in [0.05, 0.1) is 0 Å². The first kappa shape index (κ1) is 13.1. The Morgan fingerprint density at radius 2 is 2.11 bits per heavy atom. The zero-order valence-electron chi connectivity index (χ0n) is 12.0. The van der Waals surface area contributed by atoms with Gasteiger partial charge in [0.2, 0.25) is 0 Å². The van der Waals surface area contributed by atoms with Crippen molar-refractivity contribution in [1.29, 1.82) is 0 Å². The van der Waals surface area contributed by atoms with Gasteiger partial charge in [-0.1, -0.05) is 20.8 Å². The number of aryl methyl sites for hydroxylation is 1. The molecule has 3 nitrogen and oxygen atoms in total. The van der Waals surface area contributed by atoms with Crippen LogP contribution in [0.2, 0.25) is 0 Å². The van der Waals surface area contributed by atoms with Crippen molar-refractivity contribution in [1.82, 2.24) is 4.98 Å². The summed E-state index contributed by atoms with van der Waals surface area (Å²) in [6.07, 6.45) is 3.95. The van der Waals surface area contributed by atoms with Gasteiger partial charge >= 0.3 is 0 Å². The number of hydrogen-bond acceptors (Lipinski definition) is 4. The molecule has 2 heterocycles. The molecule has 1 saturated heterocycles. The summed E-state index contributed by atoms with van der Waals surface area (Å²) in [5, 5.41) is 1.08. The van der Waals surface area contributed by atoms with Crippen molar-refractivity contribution in [2.75, 3.05) is 18.0 Å². The third-order valence-electron chi connectivity index (χ3n) is 4.44. The van der Waals surface area contributed by atoms with Crippen molar-refractivity contribution in [3.63, 3.8) is 0 Å². The van der Waals surface area contributed by atoms with Gasteiger partial charge in [0.15, 0.2) is 10.9 Å². The monoisotopic (exact) mass is 278 g/mol. The number of hydrogen-bond donors (Lipinski definition) is 0. The molecule has 1 atom stereocenters. The molecule has 1 aliphatic heterocycles. The molecule has 0 bridgehead atoms. The van der Waals surface area contributed by atoms with Gasteiger partial charge in [-0.05, 0) is 30.6 Å². The highest BCUT2D eigenvalue weighted by atomic mass is 32.1. The van der Waals surface area contributed by atoms with Gasteiger partial charge in [-0.2, -0.15) is 0 Å². The Kier molecular flexibility index (Phi) is 3.16. The van der Waals surface area contributed by atoms with Crippen molar-refractivity contribution < 1.29 is 4.79 Å². The minimum atomic E-state index is 0.246. The molecule has 1 unspecified atom stereocenters. The Hall–Kier alpha value is -0.900. The lowest BCUT2D eigenvalue weighted by atomic mass is 9.80. The first-order valence-electron chi connectivity index (χ1n) is 7.23. The predicted octanol–water partition coefficient (Wildman–Crippen LogP) is 3.53. The molecule has 1 aromatic rings.